The SMILES string of the molecule is O[C@@H](CCSCCCn1ccnc1)CSCCCn1ccnc1. The molecule has 0 radical (unpaired) electrons. The Hall–Kier alpha value is -0.920. The molecule has 2 aromatic rings. The molecule has 0 spiro atoms. The molecule has 128 valence electrons. The average Bonchev–Trinajstić information content (AvgIpc) is 3.24. The molecule has 0 aliphatic heterocycles. The lowest BCUT2D eigenvalue weighted by Gasteiger charge is -2.10. The summed E-state index contributed by atoms with van der Waals surface area (Å²) >= 11 is 3.78. The fraction of sp³-hybridized carbons (Fsp3) is 0.625. The average molecular weight is 355 g/mol. The fourth-order valence-electron chi connectivity index (χ4n) is 2.16. The Morgan fingerprint density at radius 2 is 1.48 bits per heavy atom. The van der Waals surface area contributed by atoms with Crippen molar-refractivity contribution in [3.63, 3.8) is 0 Å². The van der Waals surface area contributed by atoms with Gasteiger partial charge in [-0.25, -0.2) is 9.97 Å². The Labute approximate surface area is 146 Å². The Kier molecular flexibility index (Phi) is 9.28. The number of hydrogen-bond donors (Lipinski definition) is 1. The summed E-state index contributed by atoms with van der Waals surface area (Å²) in [5, 5.41) is 9.98. The molecule has 0 aliphatic rings. The van der Waals surface area contributed by atoms with Gasteiger partial charge in [-0.05, 0) is 36.5 Å². The third-order valence-corrected chi connectivity index (χ3v) is 5.73. The Morgan fingerprint density at radius 3 is 2.04 bits per heavy atom. The van der Waals surface area contributed by atoms with Crippen LogP contribution in [0, 0.1) is 0 Å². The number of aryl methyl sites for hydroxylation is 2. The monoisotopic (exact) mass is 354 g/mol. The van der Waals surface area contributed by atoms with E-state index in [4.69, 9.17) is 0 Å². The summed E-state index contributed by atoms with van der Waals surface area (Å²) in [6, 6.07) is 0. The summed E-state index contributed by atoms with van der Waals surface area (Å²) in [5.41, 5.74) is 0. The van der Waals surface area contributed by atoms with E-state index >= 15 is 0 Å². The van der Waals surface area contributed by atoms with Gasteiger partial charge in [0.05, 0.1) is 18.8 Å². The third kappa shape index (κ3) is 8.48. The molecule has 0 saturated carbocycles. The minimum absolute atomic E-state index is 0.172. The van der Waals surface area contributed by atoms with Crippen molar-refractivity contribution in [2.24, 2.45) is 0 Å². The van der Waals surface area contributed by atoms with Gasteiger partial charge in [0.1, 0.15) is 0 Å². The van der Waals surface area contributed by atoms with Crippen LogP contribution in [0.1, 0.15) is 19.3 Å². The lowest BCUT2D eigenvalue weighted by atomic mass is 10.3. The van der Waals surface area contributed by atoms with Crippen LogP contribution < -0.4 is 0 Å². The van der Waals surface area contributed by atoms with Crippen molar-refractivity contribution >= 4 is 23.5 Å². The summed E-state index contributed by atoms with van der Waals surface area (Å²) in [6.07, 6.45) is 14.3. The van der Waals surface area contributed by atoms with Gasteiger partial charge in [0.25, 0.3) is 0 Å². The molecule has 0 fully saturated rings. The van der Waals surface area contributed by atoms with Crippen LogP contribution in [0.5, 0.6) is 0 Å². The van der Waals surface area contributed by atoms with Gasteiger partial charge in [-0.3, -0.25) is 0 Å². The highest BCUT2D eigenvalue weighted by Crippen LogP contribution is 2.12. The molecular formula is C16H26N4OS2. The highest BCUT2D eigenvalue weighted by Gasteiger charge is 2.04. The van der Waals surface area contributed by atoms with Crippen molar-refractivity contribution in [3.05, 3.63) is 37.4 Å². The van der Waals surface area contributed by atoms with Crippen molar-refractivity contribution in [1.29, 1.82) is 0 Å². The number of aliphatic hydroxyl groups is 1. The number of imidazole rings is 2. The second-order valence-electron chi connectivity index (χ2n) is 5.44. The van der Waals surface area contributed by atoms with Gasteiger partial charge in [0, 0.05) is 43.6 Å². The summed E-state index contributed by atoms with van der Waals surface area (Å²) in [7, 11) is 0. The molecule has 2 aromatic heterocycles. The molecule has 2 heterocycles. The number of rotatable bonds is 13. The van der Waals surface area contributed by atoms with Crippen LogP contribution in [-0.2, 0) is 13.1 Å². The lowest BCUT2D eigenvalue weighted by Crippen LogP contribution is -2.12. The molecule has 7 heteroatoms. The van der Waals surface area contributed by atoms with Gasteiger partial charge in [-0.1, -0.05) is 0 Å². The first-order valence-electron chi connectivity index (χ1n) is 8.09. The van der Waals surface area contributed by atoms with E-state index in [1.54, 1.807) is 0 Å². The Morgan fingerprint density at radius 1 is 0.870 bits per heavy atom. The summed E-state index contributed by atoms with van der Waals surface area (Å²) in [4.78, 5) is 8.06. The molecule has 0 aliphatic carbocycles. The topological polar surface area (TPSA) is 55.9 Å². The predicted molar refractivity (Wildman–Crippen MR) is 99.0 cm³/mol. The van der Waals surface area contributed by atoms with Gasteiger partial charge in [-0.2, -0.15) is 23.5 Å². The second-order valence-corrected chi connectivity index (χ2v) is 7.81. The highest BCUT2D eigenvalue weighted by molar-refractivity contribution is 7.99. The maximum atomic E-state index is 9.98. The normalized spacial score (nSPS) is 12.6. The Balaban J connectivity index is 1.36. The number of hydrogen-bond acceptors (Lipinski definition) is 5. The summed E-state index contributed by atoms with van der Waals surface area (Å²) < 4.78 is 4.20. The van der Waals surface area contributed by atoms with Crippen LogP contribution in [0.4, 0.5) is 0 Å². The molecular weight excluding hydrogens is 328 g/mol. The standard InChI is InChI=1S/C16H26N4OS2/c21-16(13-23-11-2-7-20-9-5-18-15-20)3-12-22-10-1-6-19-8-4-17-14-19/h4-5,8-9,14-16,21H,1-3,6-7,10-13H2/t16-/m0/s1. The molecule has 0 bridgehead atoms. The van der Waals surface area contributed by atoms with Crippen molar-refractivity contribution in [1.82, 2.24) is 19.1 Å². The highest BCUT2D eigenvalue weighted by atomic mass is 32.2. The molecule has 0 aromatic carbocycles. The zero-order valence-corrected chi connectivity index (χ0v) is 15.1. The zero-order chi connectivity index (χ0) is 16.2. The minimum Gasteiger partial charge on any atom is -0.392 e. The van der Waals surface area contributed by atoms with E-state index in [1.165, 1.54) is 0 Å². The van der Waals surface area contributed by atoms with E-state index in [0.29, 0.717) is 0 Å². The predicted octanol–water partition coefficient (Wildman–Crippen LogP) is 2.78. The van der Waals surface area contributed by atoms with Crippen molar-refractivity contribution < 1.29 is 5.11 Å². The first-order chi connectivity index (χ1) is 11.3. The van der Waals surface area contributed by atoms with Crippen LogP contribution in [-0.4, -0.2) is 53.3 Å². The smallest absolute Gasteiger partial charge is 0.0945 e. The van der Waals surface area contributed by atoms with Gasteiger partial charge in [0.2, 0.25) is 0 Å². The van der Waals surface area contributed by atoms with E-state index < -0.39 is 0 Å². The molecule has 23 heavy (non-hydrogen) atoms. The van der Waals surface area contributed by atoms with E-state index in [0.717, 1.165) is 55.4 Å². The quantitative estimate of drug-likeness (QED) is 0.561. The number of aromatic nitrogens is 4. The number of thioether (sulfide) groups is 2. The Bertz CT molecular complexity index is 490. The van der Waals surface area contributed by atoms with Crippen LogP contribution in [0.25, 0.3) is 0 Å². The molecule has 5 nitrogen and oxygen atoms in total. The molecule has 0 saturated heterocycles. The van der Waals surface area contributed by atoms with Crippen LogP contribution in [0.2, 0.25) is 0 Å². The molecule has 1 N–H and O–H groups in total. The molecule has 1 atom stereocenters. The van der Waals surface area contributed by atoms with Crippen molar-refractivity contribution in [2.75, 3.05) is 23.0 Å². The van der Waals surface area contributed by atoms with E-state index in [9.17, 15) is 5.11 Å². The van der Waals surface area contributed by atoms with Crippen molar-refractivity contribution in [2.45, 2.75) is 38.5 Å². The van der Waals surface area contributed by atoms with Gasteiger partial charge >= 0.3 is 0 Å². The van der Waals surface area contributed by atoms with Crippen LogP contribution in [0.3, 0.4) is 0 Å². The van der Waals surface area contributed by atoms with Crippen molar-refractivity contribution in [3.8, 4) is 0 Å². The van der Waals surface area contributed by atoms with Gasteiger partial charge in [0.15, 0.2) is 0 Å². The van der Waals surface area contributed by atoms with Crippen LogP contribution >= 0.6 is 23.5 Å². The number of aliphatic hydroxyl groups excluding tert-OH is 1. The first kappa shape index (κ1) is 18.4. The molecule has 0 unspecified atom stereocenters. The lowest BCUT2D eigenvalue weighted by molar-refractivity contribution is 0.197. The minimum atomic E-state index is -0.172. The van der Waals surface area contributed by atoms with E-state index in [2.05, 4.69) is 19.1 Å². The van der Waals surface area contributed by atoms with Gasteiger partial charge in [-0.15, -0.1) is 0 Å². The maximum absolute atomic E-state index is 9.98. The third-order valence-electron chi connectivity index (χ3n) is 3.43. The molecule has 0 amide bonds. The largest absolute Gasteiger partial charge is 0.392 e. The second kappa shape index (κ2) is 11.6. The van der Waals surface area contributed by atoms with Gasteiger partial charge < -0.3 is 14.2 Å². The van der Waals surface area contributed by atoms with E-state index in [-0.39, 0.29) is 6.10 Å². The number of nitrogens with zero attached hydrogens (tertiary/aromatic N) is 4. The summed E-state index contributed by atoms with van der Waals surface area (Å²) in [6.45, 7) is 2.04. The zero-order valence-electron chi connectivity index (χ0n) is 13.5. The molecule has 2 rings (SSSR count). The summed E-state index contributed by atoms with van der Waals surface area (Å²) in [5.74, 6) is 4.12. The fourth-order valence-corrected chi connectivity index (χ4v) is 4.08. The maximum Gasteiger partial charge on any atom is 0.0945 e. The first-order valence-corrected chi connectivity index (χ1v) is 10.4. The van der Waals surface area contributed by atoms with E-state index in [1.807, 2.05) is 61.0 Å². The van der Waals surface area contributed by atoms with Crippen LogP contribution in [0.15, 0.2) is 37.4 Å².